The van der Waals surface area contributed by atoms with Crippen molar-refractivity contribution in [1.82, 2.24) is 4.81 Å². The van der Waals surface area contributed by atoms with E-state index in [4.69, 9.17) is 16.3 Å². The van der Waals surface area contributed by atoms with E-state index in [-0.39, 0.29) is 11.4 Å². The van der Waals surface area contributed by atoms with Crippen LogP contribution in [0.5, 0.6) is 0 Å². The summed E-state index contributed by atoms with van der Waals surface area (Å²) in [5.74, 6) is 0. The molecular formula is C7H12BClNO. The second-order valence-corrected chi connectivity index (χ2v) is 3.17. The van der Waals surface area contributed by atoms with Crippen LogP contribution in [0.15, 0.2) is 12.7 Å². The number of hydrogen-bond acceptors (Lipinski definition) is 2. The third-order valence-corrected chi connectivity index (χ3v) is 2.38. The van der Waals surface area contributed by atoms with Crippen LogP contribution >= 0.6 is 11.6 Å². The van der Waals surface area contributed by atoms with Crippen LogP contribution in [0.1, 0.15) is 6.42 Å². The van der Waals surface area contributed by atoms with Crippen molar-refractivity contribution >= 4 is 19.2 Å². The second kappa shape index (κ2) is 4.14. The van der Waals surface area contributed by atoms with E-state index in [0.29, 0.717) is 0 Å². The lowest BCUT2D eigenvalue weighted by atomic mass is 10.1. The first-order valence-electron chi connectivity index (χ1n) is 3.68. The average Bonchev–Trinajstić information content (AvgIpc) is 2.33. The molecule has 1 fully saturated rings. The summed E-state index contributed by atoms with van der Waals surface area (Å²) in [5, 5.41) is 0.180. The molecule has 11 heavy (non-hydrogen) atoms. The summed E-state index contributed by atoms with van der Waals surface area (Å²) in [7, 11) is 3.34. The third-order valence-electron chi connectivity index (χ3n) is 1.90. The highest BCUT2D eigenvalue weighted by atomic mass is 35.5. The highest BCUT2D eigenvalue weighted by Crippen LogP contribution is 2.22. The molecule has 1 unspecified atom stereocenters. The predicted octanol–water partition coefficient (Wildman–Crippen LogP) is 1.03. The lowest BCUT2D eigenvalue weighted by Gasteiger charge is -2.20. The molecule has 0 aliphatic carbocycles. The van der Waals surface area contributed by atoms with Crippen molar-refractivity contribution in [2.24, 2.45) is 0 Å². The van der Waals surface area contributed by atoms with Gasteiger partial charge in [-0.2, -0.15) is 0 Å². The molecule has 0 aromatic heterocycles. The van der Waals surface area contributed by atoms with E-state index in [1.165, 1.54) is 0 Å². The Hall–Kier alpha value is 0.0149. The van der Waals surface area contributed by atoms with Crippen LogP contribution in [0.25, 0.3) is 0 Å². The van der Waals surface area contributed by atoms with Crippen molar-refractivity contribution in [3.05, 3.63) is 12.7 Å². The number of hydrogen-bond donors (Lipinski definition) is 0. The van der Waals surface area contributed by atoms with Crippen molar-refractivity contribution in [1.29, 1.82) is 0 Å². The molecule has 0 spiro atoms. The number of nitrogens with zero attached hydrogens (tertiary/aromatic N) is 1. The molecule has 0 aromatic rings. The zero-order valence-electron chi connectivity index (χ0n) is 6.66. The normalized spacial score (nSPS) is 32.2. The Morgan fingerprint density at radius 3 is 3.09 bits per heavy atom. The largest absolute Gasteiger partial charge is 0.427 e. The Morgan fingerprint density at radius 1 is 1.82 bits per heavy atom. The van der Waals surface area contributed by atoms with E-state index >= 15 is 0 Å². The standard InChI is InChI=1S/C7H12BClNO/c1-3-7-6(9)4-5-10(7)8-11-2/h3,6-7H,1,4-5H2,2H3/t6?,7-/m0/s1. The van der Waals surface area contributed by atoms with Crippen molar-refractivity contribution < 1.29 is 4.65 Å². The van der Waals surface area contributed by atoms with Gasteiger partial charge < -0.3 is 9.47 Å². The zero-order chi connectivity index (χ0) is 8.27. The Bertz CT molecular complexity index is 142. The minimum Gasteiger partial charge on any atom is -0.427 e. The van der Waals surface area contributed by atoms with Gasteiger partial charge in [-0.15, -0.1) is 18.2 Å². The molecule has 2 nitrogen and oxygen atoms in total. The van der Waals surface area contributed by atoms with E-state index in [1.54, 1.807) is 14.7 Å². The molecule has 0 aromatic carbocycles. The first-order valence-corrected chi connectivity index (χ1v) is 4.11. The molecule has 1 heterocycles. The summed E-state index contributed by atoms with van der Waals surface area (Å²) in [6.07, 6.45) is 2.86. The topological polar surface area (TPSA) is 12.5 Å². The highest BCUT2D eigenvalue weighted by Gasteiger charge is 2.30. The molecule has 61 valence electrons. The van der Waals surface area contributed by atoms with E-state index < -0.39 is 0 Å². The molecule has 1 aliphatic rings. The Kier molecular flexibility index (Phi) is 3.43. The van der Waals surface area contributed by atoms with Crippen molar-refractivity contribution in [2.75, 3.05) is 13.7 Å². The van der Waals surface area contributed by atoms with Crippen molar-refractivity contribution in [3.8, 4) is 0 Å². The van der Waals surface area contributed by atoms with Crippen LogP contribution in [0.4, 0.5) is 0 Å². The Morgan fingerprint density at radius 2 is 2.55 bits per heavy atom. The lowest BCUT2D eigenvalue weighted by Crippen LogP contribution is -2.35. The summed E-state index contributed by atoms with van der Waals surface area (Å²) in [4.78, 5) is 2.06. The highest BCUT2D eigenvalue weighted by molar-refractivity contribution is 6.26. The van der Waals surface area contributed by atoms with E-state index in [0.717, 1.165) is 13.0 Å². The molecule has 2 atom stereocenters. The van der Waals surface area contributed by atoms with Gasteiger partial charge >= 0.3 is 7.62 Å². The summed E-state index contributed by atoms with van der Waals surface area (Å²) in [5.41, 5.74) is 0. The fourth-order valence-electron chi connectivity index (χ4n) is 1.34. The molecule has 4 heteroatoms. The van der Waals surface area contributed by atoms with Gasteiger partial charge in [0.1, 0.15) is 0 Å². The minimum atomic E-state index is 0.180. The molecule has 1 rings (SSSR count). The van der Waals surface area contributed by atoms with Crippen LogP contribution in [-0.4, -0.2) is 37.5 Å². The van der Waals surface area contributed by atoms with Gasteiger partial charge in [-0.25, -0.2) is 0 Å². The molecule has 0 amide bonds. The summed E-state index contributed by atoms with van der Waals surface area (Å²) < 4.78 is 4.90. The maximum absolute atomic E-state index is 6.02. The average molecular weight is 172 g/mol. The fourth-order valence-corrected chi connectivity index (χ4v) is 1.69. The van der Waals surface area contributed by atoms with Gasteiger partial charge in [-0.3, -0.25) is 0 Å². The molecule has 1 saturated heterocycles. The van der Waals surface area contributed by atoms with Crippen LogP contribution in [0.3, 0.4) is 0 Å². The van der Waals surface area contributed by atoms with Crippen molar-refractivity contribution in [2.45, 2.75) is 17.8 Å². The van der Waals surface area contributed by atoms with Gasteiger partial charge in [-0.05, 0) is 13.0 Å². The first kappa shape index (κ1) is 9.11. The minimum absolute atomic E-state index is 0.180. The maximum Gasteiger partial charge on any atom is 0.399 e. The van der Waals surface area contributed by atoms with Gasteiger partial charge in [0.05, 0.1) is 5.38 Å². The van der Waals surface area contributed by atoms with Crippen LogP contribution in [0.2, 0.25) is 0 Å². The summed E-state index contributed by atoms with van der Waals surface area (Å²) >= 11 is 6.02. The molecule has 0 N–H and O–H groups in total. The zero-order valence-corrected chi connectivity index (χ0v) is 7.42. The van der Waals surface area contributed by atoms with Crippen molar-refractivity contribution in [3.63, 3.8) is 0 Å². The second-order valence-electron chi connectivity index (χ2n) is 2.61. The van der Waals surface area contributed by atoms with Gasteiger partial charge in [0.15, 0.2) is 0 Å². The molecule has 1 aliphatic heterocycles. The van der Waals surface area contributed by atoms with E-state index in [1.807, 2.05) is 6.08 Å². The molecule has 0 bridgehead atoms. The Balaban J connectivity index is 2.46. The molecule has 1 radical (unpaired) electrons. The molecule has 0 saturated carbocycles. The quantitative estimate of drug-likeness (QED) is 0.358. The fraction of sp³-hybridized carbons (Fsp3) is 0.714. The van der Waals surface area contributed by atoms with Crippen LogP contribution in [0, 0.1) is 0 Å². The third kappa shape index (κ3) is 1.98. The summed E-state index contributed by atoms with van der Waals surface area (Å²) in [6, 6.07) is 0.233. The smallest absolute Gasteiger partial charge is 0.399 e. The van der Waals surface area contributed by atoms with Crippen LogP contribution in [-0.2, 0) is 4.65 Å². The van der Waals surface area contributed by atoms with Gasteiger partial charge in [-0.1, -0.05) is 6.08 Å². The number of halogens is 1. The summed E-state index contributed by atoms with van der Waals surface area (Å²) in [6.45, 7) is 4.68. The van der Waals surface area contributed by atoms with E-state index in [2.05, 4.69) is 11.4 Å². The monoisotopic (exact) mass is 172 g/mol. The van der Waals surface area contributed by atoms with Gasteiger partial charge in [0.25, 0.3) is 0 Å². The maximum atomic E-state index is 6.02. The molecular weight excluding hydrogens is 160 g/mol. The van der Waals surface area contributed by atoms with E-state index in [9.17, 15) is 0 Å². The SMILES string of the molecule is C=C[C@H]1C(Cl)CCN1[B]OC. The Labute approximate surface area is 73.5 Å². The lowest BCUT2D eigenvalue weighted by molar-refractivity contribution is 0.348. The van der Waals surface area contributed by atoms with Crippen LogP contribution < -0.4 is 0 Å². The number of rotatable bonds is 3. The number of alkyl halides is 1. The predicted molar refractivity (Wildman–Crippen MR) is 47.7 cm³/mol. The van der Waals surface area contributed by atoms with Gasteiger partial charge in [0.2, 0.25) is 0 Å². The van der Waals surface area contributed by atoms with Gasteiger partial charge in [0, 0.05) is 13.2 Å². The first-order chi connectivity index (χ1) is 5.29.